The second kappa shape index (κ2) is 4.99. The molecule has 1 N–H and O–H groups in total. The molecular weight excluding hydrogens is 204 g/mol. The molecule has 0 spiro atoms. The molecule has 1 rings (SSSR count). The minimum absolute atomic E-state index is 0.401. The van der Waals surface area contributed by atoms with Crippen LogP contribution in [0.1, 0.15) is 25.1 Å². The van der Waals surface area contributed by atoms with Gasteiger partial charge in [-0.15, -0.1) is 22.0 Å². The summed E-state index contributed by atoms with van der Waals surface area (Å²) in [7, 11) is 0. The Hall–Kier alpha value is -1.04. The van der Waals surface area contributed by atoms with Crippen LogP contribution in [0, 0.1) is 6.92 Å². The van der Waals surface area contributed by atoms with Crippen LogP contribution in [0.4, 0.5) is 0 Å². The molecule has 0 saturated carbocycles. The van der Waals surface area contributed by atoms with E-state index >= 15 is 0 Å². The van der Waals surface area contributed by atoms with Gasteiger partial charge in [-0.25, -0.2) is 0 Å². The van der Waals surface area contributed by atoms with Crippen LogP contribution in [0.25, 0.3) is 0 Å². The normalized spacial score (nSPS) is 12.7. The van der Waals surface area contributed by atoms with Crippen LogP contribution in [0.15, 0.2) is 4.42 Å². The standard InChI is InChI=1S/C8H12N2O3S/c1-3-6(8(11)12)14-4-7-10-9-5(2)13-7/h6H,3-4H2,1-2H3,(H,11,12). The molecule has 1 atom stereocenters. The first kappa shape index (κ1) is 11.0. The van der Waals surface area contributed by atoms with E-state index in [4.69, 9.17) is 9.52 Å². The van der Waals surface area contributed by atoms with Gasteiger partial charge in [0.2, 0.25) is 11.8 Å². The Balaban J connectivity index is 2.43. The number of thioether (sulfide) groups is 1. The number of aromatic nitrogens is 2. The van der Waals surface area contributed by atoms with E-state index in [0.717, 1.165) is 0 Å². The lowest BCUT2D eigenvalue weighted by Gasteiger charge is -2.06. The molecular formula is C8H12N2O3S. The SMILES string of the molecule is CCC(SCc1nnc(C)o1)C(=O)O. The van der Waals surface area contributed by atoms with E-state index in [1.165, 1.54) is 11.8 Å². The third-order valence-corrected chi connectivity index (χ3v) is 2.97. The second-order valence-corrected chi connectivity index (χ2v) is 3.95. The minimum Gasteiger partial charge on any atom is -0.480 e. The minimum atomic E-state index is -0.797. The van der Waals surface area contributed by atoms with Crippen LogP contribution in [-0.2, 0) is 10.5 Å². The molecule has 1 aromatic heterocycles. The van der Waals surface area contributed by atoms with Gasteiger partial charge >= 0.3 is 5.97 Å². The third-order valence-electron chi connectivity index (χ3n) is 1.62. The van der Waals surface area contributed by atoms with Crippen LogP contribution in [0.5, 0.6) is 0 Å². The molecule has 0 aliphatic heterocycles. The van der Waals surface area contributed by atoms with Crippen LogP contribution in [-0.4, -0.2) is 26.5 Å². The molecule has 0 aromatic carbocycles. The highest BCUT2D eigenvalue weighted by atomic mass is 32.2. The summed E-state index contributed by atoms with van der Waals surface area (Å²) in [4.78, 5) is 10.7. The summed E-state index contributed by atoms with van der Waals surface area (Å²) >= 11 is 1.30. The van der Waals surface area contributed by atoms with E-state index in [-0.39, 0.29) is 0 Å². The highest BCUT2D eigenvalue weighted by molar-refractivity contribution is 7.99. The molecule has 78 valence electrons. The number of hydrogen-bond acceptors (Lipinski definition) is 5. The van der Waals surface area contributed by atoms with Crippen molar-refractivity contribution in [3.63, 3.8) is 0 Å². The number of hydrogen-bond donors (Lipinski definition) is 1. The van der Waals surface area contributed by atoms with Gasteiger partial charge in [-0.05, 0) is 6.42 Å². The maximum atomic E-state index is 10.7. The molecule has 0 amide bonds. The van der Waals surface area contributed by atoms with E-state index in [2.05, 4.69) is 10.2 Å². The monoisotopic (exact) mass is 216 g/mol. The molecule has 1 unspecified atom stereocenters. The lowest BCUT2D eigenvalue weighted by molar-refractivity contribution is -0.136. The van der Waals surface area contributed by atoms with E-state index in [1.54, 1.807) is 6.92 Å². The van der Waals surface area contributed by atoms with Crippen LogP contribution in [0.3, 0.4) is 0 Å². The lowest BCUT2D eigenvalue weighted by atomic mass is 10.3. The van der Waals surface area contributed by atoms with Crippen molar-refractivity contribution >= 4 is 17.7 Å². The molecule has 0 aliphatic carbocycles. The van der Waals surface area contributed by atoms with Crippen molar-refractivity contribution in [1.82, 2.24) is 10.2 Å². The second-order valence-electron chi connectivity index (χ2n) is 2.76. The molecule has 5 nitrogen and oxygen atoms in total. The molecule has 1 heterocycles. The van der Waals surface area contributed by atoms with E-state index in [0.29, 0.717) is 24.0 Å². The summed E-state index contributed by atoms with van der Waals surface area (Å²) < 4.78 is 5.12. The summed E-state index contributed by atoms with van der Waals surface area (Å²) in [5, 5.41) is 15.8. The largest absolute Gasteiger partial charge is 0.480 e. The van der Waals surface area contributed by atoms with Gasteiger partial charge < -0.3 is 9.52 Å². The van der Waals surface area contributed by atoms with Crippen LogP contribution in [0.2, 0.25) is 0 Å². The molecule has 6 heteroatoms. The average Bonchev–Trinajstić information content (AvgIpc) is 2.52. The number of nitrogens with zero attached hydrogens (tertiary/aromatic N) is 2. The molecule has 0 radical (unpaired) electrons. The third kappa shape index (κ3) is 3.02. The molecule has 0 aliphatic rings. The van der Waals surface area contributed by atoms with E-state index in [9.17, 15) is 4.79 Å². The predicted octanol–water partition coefficient (Wildman–Crippen LogP) is 1.47. The van der Waals surface area contributed by atoms with Gasteiger partial charge in [0.15, 0.2) is 0 Å². The van der Waals surface area contributed by atoms with Crippen LogP contribution >= 0.6 is 11.8 Å². The fourth-order valence-corrected chi connectivity index (χ4v) is 1.77. The van der Waals surface area contributed by atoms with Gasteiger partial charge in [0.05, 0.1) is 5.75 Å². The highest BCUT2D eigenvalue weighted by Crippen LogP contribution is 2.19. The molecule has 14 heavy (non-hydrogen) atoms. The number of carboxylic acids is 1. The number of carbonyl (C=O) groups is 1. The van der Waals surface area contributed by atoms with Crippen LogP contribution < -0.4 is 0 Å². The zero-order valence-corrected chi connectivity index (χ0v) is 8.87. The summed E-state index contributed by atoms with van der Waals surface area (Å²) in [6.07, 6.45) is 0.590. The Bertz CT molecular complexity index is 313. The first-order valence-electron chi connectivity index (χ1n) is 4.27. The van der Waals surface area contributed by atoms with Gasteiger partial charge in [-0.2, -0.15) is 0 Å². The Labute approximate surface area is 85.9 Å². The number of aryl methyl sites for hydroxylation is 1. The Kier molecular flexibility index (Phi) is 3.94. The van der Waals surface area contributed by atoms with Crippen molar-refractivity contribution in [2.45, 2.75) is 31.3 Å². The highest BCUT2D eigenvalue weighted by Gasteiger charge is 2.16. The number of rotatable bonds is 5. The van der Waals surface area contributed by atoms with Crippen molar-refractivity contribution in [2.24, 2.45) is 0 Å². The predicted molar refractivity (Wildman–Crippen MR) is 52.0 cm³/mol. The van der Waals surface area contributed by atoms with Crippen molar-refractivity contribution in [3.8, 4) is 0 Å². The molecule has 0 bridgehead atoms. The zero-order chi connectivity index (χ0) is 10.6. The first-order valence-corrected chi connectivity index (χ1v) is 5.31. The lowest BCUT2D eigenvalue weighted by Crippen LogP contribution is -2.15. The van der Waals surface area contributed by atoms with Crippen molar-refractivity contribution < 1.29 is 14.3 Å². The Morgan fingerprint density at radius 3 is 2.79 bits per heavy atom. The quantitative estimate of drug-likeness (QED) is 0.803. The fraction of sp³-hybridized carbons (Fsp3) is 0.625. The molecule has 0 fully saturated rings. The summed E-state index contributed by atoms with van der Waals surface area (Å²) in [5.74, 6) is 0.635. The fourth-order valence-electron chi connectivity index (χ4n) is 0.931. The topological polar surface area (TPSA) is 76.2 Å². The molecule has 1 aromatic rings. The number of carboxylic acid groups (broad SMARTS) is 1. The van der Waals surface area contributed by atoms with Gasteiger partial charge in [0, 0.05) is 6.92 Å². The zero-order valence-electron chi connectivity index (χ0n) is 8.06. The maximum absolute atomic E-state index is 10.7. The van der Waals surface area contributed by atoms with Gasteiger partial charge in [-0.1, -0.05) is 6.92 Å². The van der Waals surface area contributed by atoms with Gasteiger partial charge in [0.25, 0.3) is 0 Å². The van der Waals surface area contributed by atoms with Crippen molar-refractivity contribution in [1.29, 1.82) is 0 Å². The van der Waals surface area contributed by atoms with E-state index in [1.807, 2.05) is 6.92 Å². The Morgan fingerprint density at radius 2 is 2.36 bits per heavy atom. The number of aliphatic carboxylic acids is 1. The average molecular weight is 216 g/mol. The van der Waals surface area contributed by atoms with Crippen molar-refractivity contribution in [3.05, 3.63) is 11.8 Å². The maximum Gasteiger partial charge on any atom is 0.316 e. The Morgan fingerprint density at radius 1 is 1.64 bits per heavy atom. The summed E-state index contributed by atoms with van der Waals surface area (Å²) in [6.45, 7) is 3.54. The van der Waals surface area contributed by atoms with Gasteiger partial charge in [0.1, 0.15) is 5.25 Å². The van der Waals surface area contributed by atoms with Crippen molar-refractivity contribution in [2.75, 3.05) is 0 Å². The summed E-state index contributed by atoms with van der Waals surface area (Å²) in [5.41, 5.74) is 0. The molecule has 0 saturated heterocycles. The van der Waals surface area contributed by atoms with E-state index < -0.39 is 11.2 Å². The first-order chi connectivity index (χ1) is 6.63. The van der Waals surface area contributed by atoms with Gasteiger partial charge in [-0.3, -0.25) is 4.79 Å². The smallest absolute Gasteiger partial charge is 0.316 e. The summed E-state index contributed by atoms with van der Waals surface area (Å²) in [6, 6.07) is 0.